The minimum absolute atomic E-state index is 0.223. The van der Waals surface area contributed by atoms with Crippen molar-refractivity contribution in [3.63, 3.8) is 0 Å². The number of aryl methyl sites for hydroxylation is 1. The Balaban J connectivity index is 1.52. The lowest BCUT2D eigenvalue weighted by Crippen LogP contribution is -2.15. The van der Waals surface area contributed by atoms with Crippen LogP contribution in [0, 0.1) is 12.8 Å². The molecule has 0 radical (unpaired) electrons. The average Bonchev–Trinajstić information content (AvgIpc) is 3.20. The van der Waals surface area contributed by atoms with E-state index in [0.29, 0.717) is 29.8 Å². The third-order valence-electron chi connectivity index (χ3n) is 4.69. The van der Waals surface area contributed by atoms with Crippen LogP contribution in [-0.4, -0.2) is 35.7 Å². The second-order valence-electron chi connectivity index (χ2n) is 6.72. The summed E-state index contributed by atoms with van der Waals surface area (Å²) in [5, 5.41) is 4.78. The van der Waals surface area contributed by atoms with E-state index in [9.17, 15) is 4.79 Å². The normalized spacial score (nSPS) is 16.4. The van der Waals surface area contributed by atoms with E-state index in [-0.39, 0.29) is 5.91 Å². The molecule has 0 saturated carbocycles. The Labute approximate surface area is 157 Å². The Kier molecular flexibility index (Phi) is 4.98. The molecular formula is C21H21N3O3. The molecule has 1 aromatic carbocycles. The summed E-state index contributed by atoms with van der Waals surface area (Å²) in [4.78, 5) is 21.0. The number of pyridine rings is 2. The monoisotopic (exact) mass is 363 g/mol. The number of carbonyl (C=O) groups is 1. The lowest BCUT2D eigenvalue weighted by atomic mass is 10.1. The van der Waals surface area contributed by atoms with Crippen LogP contribution >= 0.6 is 0 Å². The molecule has 2 aromatic heterocycles. The molecule has 1 atom stereocenters. The van der Waals surface area contributed by atoms with Crippen molar-refractivity contribution in [2.75, 3.05) is 25.1 Å². The van der Waals surface area contributed by atoms with Crippen molar-refractivity contribution in [2.45, 2.75) is 13.3 Å². The number of nitrogens with one attached hydrogen (secondary N) is 1. The fourth-order valence-corrected chi connectivity index (χ4v) is 3.17. The molecule has 0 unspecified atom stereocenters. The van der Waals surface area contributed by atoms with Crippen LogP contribution in [0.1, 0.15) is 22.5 Å². The maximum absolute atomic E-state index is 12.5. The smallest absolute Gasteiger partial charge is 0.274 e. The molecule has 1 fully saturated rings. The SMILES string of the molecule is Cc1cccnc1C(=O)Nc1ccc2c(OC[C@@H]3CCOC3)nccc2c1. The Hall–Kier alpha value is -2.99. The van der Waals surface area contributed by atoms with Gasteiger partial charge in [-0.15, -0.1) is 0 Å². The summed E-state index contributed by atoms with van der Waals surface area (Å²) in [6.45, 7) is 4.01. The van der Waals surface area contributed by atoms with Crippen LogP contribution in [0.3, 0.4) is 0 Å². The molecule has 3 aromatic rings. The lowest BCUT2D eigenvalue weighted by Gasteiger charge is -2.12. The quantitative estimate of drug-likeness (QED) is 0.750. The van der Waals surface area contributed by atoms with Gasteiger partial charge in [-0.3, -0.25) is 9.78 Å². The van der Waals surface area contributed by atoms with Crippen molar-refractivity contribution >= 4 is 22.4 Å². The van der Waals surface area contributed by atoms with Gasteiger partial charge in [-0.2, -0.15) is 0 Å². The van der Waals surface area contributed by atoms with E-state index in [1.165, 1.54) is 0 Å². The van der Waals surface area contributed by atoms with E-state index in [2.05, 4.69) is 15.3 Å². The second-order valence-corrected chi connectivity index (χ2v) is 6.72. The Morgan fingerprint density at radius 1 is 1.26 bits per heavy atom. The molecule has 0 spiro atoms. The van der Waals surface area contributed by atoms with Crippen molar-refractivity contribution < 1.29 is 14.3 Å². The number of anilines is 1. The summed E-state index contributed by atoms with van der Waals surface area (Å²) < 4.78 is 11.3. The number of rotatable bonds is 5. The van der Waals surface area contributed by atoms with Gasteiger partial charge in [0, 0.05) is 36.0 Å². The predicted molar refractivity (Wildman–Crippen MR) is 103 cm³/mol. The van der Waals surface area contributed by atoms with E-state index < -0.39 is 0 Å². The third-order valence-corrected chi connectivity index (χ3v) is 4.69. The van der Waals surface area contributed by atoms with Gasteiger partial charge < -0.3 is 14.8 Å². The van der Waals surface area contributed by atoms with Gasteiger partial charge in [-0.25, -0.2) is 4.98 Å². The molecule has 0 aliphatic carbocycles. The predicted octanol–water partition coefficient (Wildman–Crippen LogP) is 3.61. The van der Waals surface area contributed by atoms with Gasteiger partial charge in [0.05, 0.1) is 13.2 Å². The fraction of sp³-hybridized carbons (Fsp3) is 0.286. The highest BCUT2D eigenvalue weighted by Gasteiger charge is 2.17. The minimum atomic E-state index is -0.223. The van der Waals surface area contributed by atoms with Crippen LogP contribution in [0.15, 0.2) is 48.8 Å². The van der Waals surface area contributed by atoms with Crippen molar-refractivity contribution in [1.29, 1.82) is 0 Å². The first-order valence-electron chi connectivity index (χ1n) is 9.03. The number of carbonyl (C=O) groups excluding carboxylic acids is 1. The molecule has 6 heteroatoms. The number of benzene rings is 1. The lowest BCUT2D eigenvalue weighted by molar-refractivity contribution is 0.102. The van der Waals surface area contributed by atoms with Crippen LogP contribution in [0.5, 0.6) is 5.88 Å². The van der Waals surface area contributed by atoms with Gasteiger partial charge in [0.25, 0.3) is 5.91 Å². The highest BCUT2D eigenvalue weighted by Crippen LogP contribution is 2.27. The molecule has 1 aliphatic rings. The van der Waals surface area contributed by atoms with E-state index in [1.807, 2.05) is 43.3 Å². The largest absolute Gasteiger partial charge is 0.477 e. The molecular weight excluding hydrogens is 342 g/mol. The summed E-state index contributed by atoms with van der Waals surface area (Å²) in [6, 6.07) is 11.3. The Bertz CT molecular complexity index is 968. The number of fused-ring (bicyclic) bond motifs is 1. The number of amides is 1. The van der Waals surface area contributed by atoms with E-state index in [4.69, 9.17) is 9.47 Å². The standard InChI is InChI=1S/C21H21N3O3/c1-14-3-2-8-22-19(14)20(25)24-17-4-5-18-16(11-17)6-9-23-21(18)27-13-15-7-10-26-12-15/h2-6,8-9,11,15H,7,10,12-13H2,1H3,(H,24,25)/t15-/m1/s1. The molecule has 1 amide bonds. The number of nitrogens with zero attached hydrogens (tertiary/aromatic N) is 2. The molecule has 0 bridgehead atoms. The first-order valence-corrected chi connectivity index (χ1v) is 9.03. The highest BCUT2D eigenvalue weighted by molar-refractivity contribution is 6.05. The number of aromatic nitrogens is 2. The molecule has 138 valence electrons. The first kappa shape index (κ1) is 17.4. The molecule has 6 nitrogen and oxygen atoms in total. The highest BCUT2D eigenvalue weighted by atomic mass is 16.5. The van der Waals surface area contributed by atoms with Crippen molar-refractivity contribution in [3.8, 4) is 5.88 Å². The van der Waals surface area contributed by atoms with Gasteiger partial charge in [0.15, 0.2) is 0 Å². The fourth-order valence-electron chi connectivity index (χ4n) is 3.17. The zero-order chi connectivity index (χ0) is 18.6. The molecule has 3 heterocycles. The van der Waals surface area contributed by atoms with Crippen LogP contribution in [0.2, 0.25) is 0 Å². The molecule has 1 aliphatic heterocycles. The van der Waals surface area contributed by atoms with E-state index in [0.717, 1.165) is 36.0 Å². The number of ether oxygens (including phenoxy) is 2. The van der Waals surface area contributed by atoms with Gasteiger partial charge in [0.2, 0.25) is 5.88 Å². The third kappa shape index (κ3) is 3.90. The first-order chi connectivity index (χ1) is 13.2. The van der Waals surface area contributed by atoms with Crippen LogP contribution in [0.25, 0.3) is 10.8 Å². The van der Waals surface area contributed by atoms with Gasteiger partial charge in [0.1, 0.15) is 5.69 Å². The summed E-state index contributed by atoms with van der Waals surface area (Å²) in [7, 11) is 0. The van der Waals surface area contributed by atoms with Crippen LogP contribution in [-0.2, 0) is 4.74 Å². The topological polar surface area (TPSA) is 73.3 Å². The molecule has 27 heavy (non-hydrogen) atoms. The average molecular weight is 363 g/mol. The van der Waals surface area contributed by atoms with Crippen molar-refractivity contribution in [1.82, 2.24) is 9.97 Å². The van der Waals surface area contributed by atoms with Crippen LogP contribution in [0.4, 0.5) is 5.69 Å². The maximum Gasteiger partial charge on any atom is 0.274 e. The number of hydrogen-bond donors (Lipinski definition) is 1. The van der Waals surface area contributed by atoms with Gasteiger partial charge in [-0.1, -0.05) is 6.07 Å². The zero-order valence-corrected chi connectivity index (χ0v) is 15.1. The Morgan fingerprint density at radius 2 is 2.19 bits per heavy atom. The number of hydrogen-bond acceptors (Lipinski definition) is 5. The van der Waals surface area contributed by atoms with E-state index in [1.54, 1.807) is 12.4 Å². The summed E-state index contributed by atoms with van der Waals surface area (Å²) >= 11 is 0. The minimum Gasteiger partial charge on any atom is -0.477 e. The van der Waals surface area contributed by atoms with Gasteiger partial charge >= 0.3 is 0 Å². The second kappa shape index (κ2) is 7.72. The van der Waals surface area contributed by atoms with Crippen LogP contribution < -0.4 is 10.1 Å². The zero-order valence-electron chi connectivity index (χ0n) is 15.1. The van der Waals surface area contributed by atoms with Crippen molar-refractivity contribution in [3.05, 3.63) is 60.0 Å². The molecule has 1 N–H and O–H groups in total. The summed E-state index contributed by atoms with van der Waals surface area (Å²) in [5.74, 6) is 0.805. The van der Waals surface area contributed by atoms with Crippen molar-refractivity contribution in [2.24, 2.45) is 5.92 Å². The summed E-state index contributed by atoms with van der Waals surface area (Å²) in [6.07, 6.45) is 4.36. The molecule has 1 saturated heterocycles. The molecule has 4 rings (SSSR count). The summed E-state index contributed by atoms with van der Waals surface area (Å²) in [5.41, 5.74) is 1.97. The van der Waals surface area contributed by atoms with E-state index >= 15 is 0 Å². The van der Waals surface area contributed by atoms with Gasteiger partial charge in [-0.05, 0) is 54.6 Å². The maximum atomic E-state index is 12.5. The Morgan fingerprint density at radius 3 is 3.00 bits per heavy atom.